The Labute approximate surface area is 105 Å². The standard InChI is InChI=1S/C13H15N3O2/c1-13(2)6-9(13)11-15-14-10-5-4-8(7-16(10)11)12(17)18-3/h4-5,7,9H,6H2,1-3H3. The molecule has 0 aromatic carbocycles. The largest absolute Gasteiger partial charge is 0.465 e. The number of nitrogens with zero attached hydrogens (tertiary/aromatic N) is 3. The van der Waals surface area contributed by atoms with Crippen molar-refractivity contribution >= 4 is 11.6 Å². The van der Waals surface area contributed by atoms with Crippen molar-refractivity contribution in [3.63, 3.8) is 0 Å². The minimum atomic E-state index is -0.341. The van der Waals surface area contributed by atoms with Gasteiger partial charge in [0, 0.05) is 12.1 Å². The average Bonchev–Trinajstić information content (AvgIpc) is 2.82. The van der Waals surface area contributed by atoms with E-state index in [0.717, 1.165) is 17.9 Å². The number of rotatable bonds is 2. The fourth-order valence-electron chi connectivity index (χ4n) is 2.29. The van der Waals surface area contributed by atoms with Crippen molar-refractivity contribution in [2.75, 3.05) is 7.11 Å². The van der Waals surface area contributed by atoms with Crippen molar-refractivity contribution < 1.29 is 9.53 Å². The first-order chi connectivity index (χ1) is 8.53. The molecule has 1 saturated carbocycles. The van der Waals surface area contributed by atoms with Crippen molar-refractivity contribution in [3.8, 4) is 0 Å². The minimum Gasteiger partial charge on any atom is -0.465 e. The van der Waals surface area contributed by atoms with E-state index in [0.29, 0.717) is 11.5 Å². The molecule has 5 heteroatoms. The van der Waals surface area contributed by atoms with E-state index in [1.165, 1.54) is 7.11 Å². The van der Waals surface area contributed by atoms with E-state index in [-0.39, 0.29) is 11.4 Å². The first-order valence-corrected chi connectivity index (χ1v) is 5.96. The fraction of sp³-hybridized carbons (Fsp3) is 0.462. The van der Waals surface area contributed by atoms with Crippen LogP contribution in [0.15, 0.2) is 18.3 Å². The van der Waals surface area contributed by atoms with Crippen LogP contribution in [0.3, 0.4) is 0 Å². The molecular weight excluding hydrogens is 230 g/mol. The number of hydrogen-bond acceptors (Lipinski definition) is 4. The van der Waals surface area contributed by atoms with Gasteiger partial charge in [-0.3, -0.25) is 4.40 Å². The SMILES string of the molecule is COC(=O)c1ccc2nnc(C3CC3(C)C)n2c1. The topological polar surface area (TPSA) is 56.5 Å². The van der Waals surface area contributed by atoms with Gasteiger partial charge in [-0.05, 0) is 24.0 Å². The zero-order valence-electron chi connectivity index (χ0n) is 10.7. The number of hydrogen-bond donors (Lipinski definition) is 0. The lowest BCUT2D eigenvalue weighted by Crippen LogP contribution is -2.04. The Morgan fingerprint density at radius 3 is 2.78 bits per heavy atom. The lowest BCUT2D eigenvalue weighted by molar-refractivity contribution is 0.0600. The molecule has 94 valence electrons. The summed E-state index contributed by atoms with van der Waals surface area (Å²) < 4.78 is 6.62. The van der Waals surface area contributed by atoms with Gasteiger partial charge in [0.1, 0.15) is 5.82 Å². The van der Waals surface area contributed by atoms with Gasteiger partial charge in [0.25, 0.3) is 0 Å². The molecule has 0 saturated heterocycles. The summed E-state index contributed by atoms with van der Waals surface area (Å²) in [6, 6.07) is 3.50. The summed E-state index contributed by atoms with van der Waals surface area (Å²) in [5.41, 5.74) is 1.56. The van der Waals surface area contributed by atoms with Gasteiger partial charge in [0.15, 0.2) is 5.65 Å². The van der Waals surface area contributed by atoms with Crippen molar-refractivity contribution in [1.29, 1.82) is 0 Å². The highest BCUT2D eigenvalue weighted by Gasteiger charge is 2.49. The summed E-state index contributed by atoms with van der Waals surface area (Å²) in [4.78, 5) is 11.5. The highest BCUT2D eigenvalue weighted by Crippen LogP contribution is 2.57. The van der Waals surface area contributed by atoms with Gasteiger partial charge in [0.2, 0.25) is 0 Å². The highest BCUT2D eigenvalue weighted by molar-refractivity contribution is 5.89. The van der Waals surface area contributed by atoms with Crippen molar-refractivity contribution in [3.05, 3.63) is 29.7 Å². The monoisotopic (exact) mass is 245 g/mol. The quantitative estimate of drug-likeness (QED) is 0.760. The van der Waals surface area contributed by atoms with E-state index in [9.17, 15) is 4.79 Å². The lowest BCUT2D eigenvalue weighted by atomic mass is 10.1. The van der Waals surface area contributed by atoms with Gasteiger partial charge in [-0.2, -0.15) is 0 Å². The Morgan fingerprint density at radius 1 is 1.44 bits per heavy atom. The molecule has 2 heterocycles. The molecular formula is C13H15N3O2. The van der Waals surface area contributed by atoms with Gasteiger partial charge in [-0.15, -0.1) is 10.2 Å². The second-order valence-corrected chi connectivity index (χ2v) is 5.44. The van der Waals surface area contributed by atoms with E-state index >= 15 is 0 Å². The van der Waals surface area contributed by atoms with Crippen LogP contribution in [0.25, 0.3) is 5.65 Å². The number of methoxy groups -OCH3 is 1. The molecule has 0 N–H and O–H groups in total. The molecule has 0 bridgehead atoms. The number of aromatic nitrogens is 3. The molecule has 1 unspecified atom stereocenters. The maximum absolute atomic E-state index is 11.5. The van der Waals surface area contributed by atoms with Crippen LogP contribution >= 0.6 is 0 Å². The number of pyridine rings is 1. The summed E-state index contributed by atoms with van der Waals surface area (Å²) in [5.74, 6) is 1.01. The third-order valence-corrected chi connectivity index (χ3v) is 3.67. The van der Waals surface area contributed by atoms with Gasteiger partial charge < -0.3 is 4.74 Å². The second-order valence-electron chi connectivity index (χ2n) is 5.44. The number of fused-ring (bicyclic) bond motifs is 1. The maximum Gasteiger partial charge on any atom is 0.339 e. The van der Waals surface area contributed by atoms with Crippen LogP contribution in [0.2, 0.25) is 0 Å². The molecule has 3 rings (SSSR count). The van der Waals surface area contributed by atoms with Crippen LogP contribution in [0, 0.1) is 5.41 Å². The van der Waals surface area contributed by atoms with Gasteiger partial charge in [-0.1, -0.05) is 13.8 Å². The Kier molecular flexibility index (Phi) is 2.20. The van der Waals surface area contributed by atoms with Crippen LogP contribution in [-0.2, 0) is 4.74 Å². The van der Waals surface area contributed by atoms with E-state index in [4.69, 9.17) is 4.74 Å². The summed E-state index contributed by atoms with van der Waals surface area (Å²) in [5, 5.41) is 8.37. The normalized spacial score (nSPS) is 20.9. The molecule has 1 fully saturated rings. The molecule has 0 radical (unpaired) electrons. The summed E-state index contributed by atoms with van der Waals surface area (Å²) in [6.45, 7) is 4.42. The Hall–Kier alpha value is -1.91. The number of ether oxygens (including phenoxy) is 1. The van der Waals surface area contributed by atoms with Gasteiger partial charge in [0.05, 0.1) is 12.7 Å². The molecule has 0 aliphatic heterocycles. The zero-order chi connectivity index (χ0) is 12.9. The Balaban J connectivity index is 2.09. The number of esters is 1. The van der Waals surface area contributed by atoms with Gasteiger partial charge in [-0.25, -0.2) is 4.79 Å². The van der Waals surface area contributed by atoms with E-state index in [1.807, 2.05) is 4.40 Å². The lowest BCUT2D eigenvalue weighted by Gasteiger charge is -2.04. The van der Waals surface area contributed by atoms with Crippen molar-refractivity contribution in [2.45, 2.75) is 26.2 Å². The van der Waals surface area contributed by atoms with Crippen LogP contribution in [0.1, 0.15) is 42.4 Å². The first kappa shape index (κ1) is 11.2. The molecule has 1 aliphatic rings. The predicted molar refractivity (Wildman–Crippen MR) is 65.5 cm³/mol. The molecule has 2 aromatic rings. The summed E-state index contributed by atoms with van der Waals surface area (Å²) in [6.07, 6.45) is 2.86. The van der Waals surface area contributed by atoms with Gasteiger partial charge >= 0.3 is 5.97 Å². The van der Waals surface area contributed by atoms with E-state index in [1.54, 1.807) is 18.3 Å². The third-order valence-electron chi connectivity index (χ3n) is 3.67. The van der Waals surface area contributed by atoms with Crippen LogP contribution in [0.4, 0.5) is 0 Å². The molecule has 5 nitrogen and oxygen atoms in total. The Bertz CT molecular complexity index is 630. The highest BCUT2D eigenvalue weighted by atomic mass is 16.5. The minimum absolute atomic E-state index is 0.282. The van der Waals surface area contributed by atoms with E-state index < -0.39 is 0 Å². The smallest absolute Gasteiger partial charge is 0.339 e. The summed E-state index contributed by atoms with van der Waals surface area (Å²) >= 11 is 0. The zero-order valence-corrected chi connectivity index (χ0v) is 10.7. The number of carbonyl (C=O) groups is 1. The molecule has 0 amide bonds. The molecule has 2 aromatic heterocycles. The second kappa shape index (κ2) is 3.54. The van der Waals surface area contributed by atoms with Crippen LogP contribution < -0.4 is 0 Å². The van der Waals surface area contributed by atoms with Crippen LogP contribution in [0.5, 0.6) is 0 Å². The predicted octanol–water partition coefficient (Wildman–Crippen LogP) is 2.03. The van der Waals surface area contributed by atoms with Crippen LogP contribution in [-0.4, -0.2) is 27.7 Å². The molecule has 18 heavy (non-hydrogen) atoms. The number of carbonyl (C=O) groups excluding carboxylic acids is 1. The summed E-state index contributed by atoms with van der Waals surface area (Å²) in [7, 11) is 1.38. The molecule has 0 spiro atoms. The fourth-order valence-corrected chi connectivity index (χ4v) is 2.29. The first-order valence-electron chi connectivity index (χ1n) is 5.96. The van der Waals surface area contributed by atoms with Crippen molar-refractivity contribution in [2.24, 2.45) is 5.41 Å². The van der Waals surface area contributed by atoms with E-state index in [2.05, 4.69) is 24.0 Å². The molecule has 1 atom stereocenters. The average molecular weight is 245 g/mol. The maximum atomic E-state index is 11.5. The van der Waals surface area contributed by atoms with Crippen molar-refractivity contribution in [1.82, 2.24) is 14.6 Å². The Morgan fingerprint density at radius 2 is 2.17 bits per heavy atom. The molecule has 1 aliphatic carbocycles. The third kappa shape index (κ3) is 1.58.